The molecule has 6 heteroatoms. The van der Waals surface area contributed by atoms with Crippen LogP contribution in [0.5, 0.6) is 0 Å². The van der Waals surface area contributed by atoms with Crippen LogP contribution < -0.4 is 14.9 Å². The third kappa shape index (κ3) is 6.35. The Morgan fingerprint density at radius 3 is 2.19 bits per heavy atom. The van der Waals surface area contributed by atoms with E-state index in [0.717, 1.165) is 31.9 Å². The second kappa shape index (κ2) is 8.89. The van der Waals surface area contributed by atoms with Gasteiger partial charge in [-0.3, -0.25) is 4.72 Å². The highest BCUT2D eigenvalue weighted by Crippen LogP contribution is 2.18. The van der Waals surface area contributed by atoms with Crippen LogP contribution in [0.4, 0.5) is 11.4 Å². The van der Waals surface area contributed by atoms with E-state index in [-0.39, 0.29) is 5.75 Å². The van der Waals surface area contributed by atoms with E-state index in [0.29, 0.717) is 12.1 Å². The van der Waals surface area contributed by atoms with Crippen molar-refractivity contribution in [3.05, 3.63) is 24.3 Å². The third-order valence-electron chi connectivity index (χ3n) is 3.29. The van der Waals surface area contributed by atoms with Crippen molar-refractivity contribution in [1.29, 1.82) is 0 Å². The van der Waals surface area contributed by atoms with Crippen molar-refractivity contribution in [2.45, 2.75) is 27.2 Å². The summed E-state index contributed by atoms with van der Waals surface area (Å²) in [6.45, 7) is 9.66. The van der Waals surface area contributed by atoms with Crippen molar-refractivity contribution in [3.8, 4) is 0 Å². The minimum Gasteiger partial charge on any atom is -0.372 e. The summed E-state index contributed by atoms with van der Waals surface area (Å²) in [5, 5.41) is 3.12. The first-order chi connectivity index (χ1) is 10.0. The zero-order valence-corrected chi connectivity index (χ0v) is 14.0. The maximum atomic E-state index is 11.9. The van der Waals surface area contributed by atoms with Crippen LogP contribution in [0.25, 0.3) is 0 Å². The molecular weight excluding hydrogens is 286 g/mol. The van der Waals surface area contributed by atoms with E-state index in [9.17, 15) is 8.42 Å². The van der Waals surface area contributed by atoms with E-state index in [2.05, 4.69) is 28.8 Å². The lowest BCUT2D eigenvalue weighted by molar-refractivity contribution is 0.595. The third-order valence-corrected chi connectivity index (χ3v) is 4.66. The summed E-state index contributed by atoms with van der Waals surface area (Å²) in [7, 11) is -3.26. The van der Waals surface area contributed by atoms with Gasteiger partial charge in [0, 0.05) is 24.5 Å². The molecule has 0 aromatic heterocycles. The number of benzene rings is 1. The maximum absolute atomic E-state index is 11.9. The second-order valence-electron chi connectivity index (χ2n) is 4.85. The molecule has 0 aliphatic heterocycles. The molecule has 5 nitrogen and oxygen atoms in total. The molecule has 0 aliphatic carbocycles. The predicted octanol–water partition coefficient (Wildman–Crippen LogP) is 2.27. The van der Waals surface area contributed by atoms with Crippen molar-refractivity contribution in [3.63, 3.8) is 0 Å². The quantitative estimate of drug-likeness (QED) is 0.651. The minimum absolute atomic E-state index is 0.137. The van der Waals surface area contributed by atoms with Crippen LogP contribution in [0.2, 0.25) is 0 Å². The van der Waals surface area contributed by atoms with Gasteiger partial charge in [0.05, 0.1) is 5.75 Å². The highest BCUT2D eigenvalue weighted by molar-refractivity contribution is 7.92. The Kier molecular flexibility index (Phi) is 7.53. The van der Waals surface area contributed by atoms with Gasteiger partial charge < -0.3 is 10.2 Å². The summed E-state index contributed by atoms with van der Waals surface area (Å²) >= 11 is 0. The molecule has 21 heavy (non-hydrogen) atoms. The van der Waals surface area contributed by atoms with Crippen LogP contribution in [0.1, 0.15) is 27.2 Å². The zero-order valence-electron chi connectivity index (χ0n) is 13.2. The molecule has 0 heterocycles. The number of rotatable bonds is 10. The van der Waals surface area contributed by atoms with Crippen LogP contribution in [0, 0.1) is 0 Å². The van der Waals surface area contributed by atoms with E-state index >= 15 is 0 Å². The van der Waals surface area contributed by atoms with Gasteiger partial charge in [-0.05, 0) is 57.6 Å². The maximum Gasteiger partial charge on any atom is 0.232 e. The molecule has 0 bridgehead atoms. The summed E-state index contributed by atoms with van der Waals surface area (Å²) in [4.78, 5) is 2.22. The molecule has 120 valence electrons. The Morgan fingerprint density at radius 1 is 1.05 bits per heavy atom. The molecule has 0 aliphatic rings. The van der Waals surface area contributed by atoms with Gasteiger partial charge in [-0.2, -0.15) is 0 Å². The first-order valence-electron chi connectivity index (χ1n) is 7.58. The fourth-order valence-electron chi connectivity index (χ4n) is 2.12. The lowest BCUT2D eigenvalue weighted by Gasteiger charge is -2.21. The Balaban J connectivity index is 2.58. The van der Waals surface area contributed by atoms with Gasteiger partial charge in [-0.15, -0.1) is 0 Å². The molecule has 0 fully saturated rings. The monoisotopic (exact) mass is 313 g/mol. The molecule has 1 rings (SSSR count). The van der Waals surface area contributed by atoms with Crippen molar-refractivity contribution >= 4 is 21.4 Å². The second-order valence-corrected chi connectivity index (χ2v) is 6.69. The zero-order chi connectivity index (χ0) is 15.7. The average molecular weight is 313 g/mol. The highest BCUT2D eigenvalue weighted by atomic mass is 32.2. The van der Waals surface area contributed by atoms with E-state index in [1.807, 2.05) is 31.2 Å². The van der Waals surface area contributed by atoms with Crippen LogP contribution in [0.3, 0.4) is 0 Å². The van der Waals surface area contributed by atoms with Gasteiger partial charge in [0.2, 0.25) is 10.0 Å². The lowest BCUT2D eigenvalue weighted by Crippen LogP contribution is -2.22. The van der Waals surface area contributed by atoms with Crippen molar-refractivity contribution in [1.82, 2.24) is 5.32 Å². The van der Waals surface area contributed by atoms with Gasteiger partial charge in [0.25, 0.3) is 0 Å². The van der Waals surface area contributed by atoms with Gasteiger partial charge >= 0.3 is 0 Å². The summed E-state index contributed by atoms with van der Waals surface area (Å²) in [5.41, 5.74) is 1.73. The Morgan fingerprint density at radius 2 is 1.67 bits per heavy atom. The molecule has 0 unspecified atom stereocenters. The summed E-state index contributed by atoms with van der Waals surface area (Å²) in [6, 6.07) is 7.53. The summed E-state index contributed by atoms with van der Waals surface area (Å²) < 4.78 is 26.5. The summed E-state index contributed by atoms with van der Waals surface area (Å²) in [6.07, 6.45) is 0.612. The number of hydrogen-bond acceptors (Lipinski definition) is 4. The number of hydrogen-bond donors (Lipinski definition) is 2. The fourth-order valence-corrected chi connectivity index (χ4v) is 3.25. The largest absolute Gasteiger partial charge is 0.372 e. The van der Waals surface area contributed by atoms with Crippen molar-refractivity contribution < 1.29 is 8.42 Å². The van der Waals surface area contributed by atoms with Crippen molar-refractivity contribution in [2.75, 3.05) is 41.6 Å². The van der Waals surface area contributed by atoms with Gasteiger partial charge in [-0.1, -0.05) is 6.92 Å². The molecule has 0 saturated heterocycles. The normalized spacial score (nSPS) is 11.4. The molecule has 0 saturated carbocycles. The average Bonchev–Trinajstić information content (AvgIpc) is 2.46. The SMILES string of the molecule is CCNCCCS(=O)(=O)Nc1ccc(N(CC)CC)cc1. The first-order valence-corrected chi connectivity index (χ1v) is 9.23. The van der Waals surface area contributed by atoms with Gasteiger partial charge in [0.15, 0.2) is 0 Å². The standard InChI is InChI=1S/C15H27N3O2S/c1-4-16-12-7-13-21(19,20)17-14-8-10-15(11-9-14)18(5-2)6-3/h8-11,16-17H,4-7,12-13H2,1-3H3. The van der Waals surface area contributed by atoms with Crippen LogP contribution >= 0.6 is 0 Å². The minimum atomic E-state index is -3.26. The van der Waals surface area contributed by atoms with Crippen LogP contribution in [0.15, 0.2) is 24.3 Å². The molecule has 2 N–H and O–H groups in total. The van der Waals surface area contributed by atoms with Crippen molar-refractivity contribution in [2.24, 2.45) is 0 Å². The van der Waals surface area contributed by atoms with Gasteiger partial charge in [0.1, 0.15) is 0 Å². The highest BCUT2D eigenvalue weighted by Gasteiger charge is 2.10. The molecule has 0 atom stereocenters. The predicted molar refractivity (Wildman–Crippen MR) is 90.6 cm³/mol. The molecular formula is C15H27N3O2S. The number of nitrogens with one attached hydrogen (secondary N) is 2. The molecule has 1 aromatic rings. The first kappa shape index (κ1) is 17.8. The van der Waals surface area contributed by atoms with Crippen LogP contribution in [-0.4, -0.2) is 40.3 Å². The van der Waals surface area contributed by atoms with E-state index in [4.69, 9.17) is 0 Å². The van der Waals surface area contributed by atoms with Crippen LogP contribution in [-0.2, 0) is 10.0 Å². The fraction of sp³-hybridized carbons (Fsp3) is 0.600. The molecule has 0 amide bonds. The topological polar surface area (TPSA) is 61.4 Å². The van der Waals surface area contributed by atoms with E-state index < -0.39 is 10.0 Å². The molecule has 0 radical (unpaired) electrons. The number of anilines is 2. The smallest absolute Gasteiger partial charge is 0.232 e. The lowest BCUT2D eigenvalue weighted by atomic mass is 10.2. The molecule has 1 aromatic carbocycles. The Bertz CT molecular complexity index is 496. The summed E-state index contributed by atoms with van der Waals surface area (Å²) in [5.74, 6) is 0.137. The number of sulfonamides is 1. The van der Waals surface area contributed by atoms with E-state index in [1.54, 1.807) is 0 Å². The number of nitrogens with zero attached hydrogens (tertiary/aromatic N) is 1. The Labute approximate surface area is 128 Å². The van der Waals surface area contributed by atoms with E-state index in [1.165, 1.54) is 0 Å². The van der Waals surface area contributed by atoms with Gasteiger partial charge in [-0.25, -0.2) is 8.42 Å². The Hall–Kier alpha value is -1.27. The molecule has 0 spiro atoms.